The molecule has 0 saturated carbocycles. The Morgan fingerprint density at radius 2 is 0.907 bits per heavy atom. The van der Waals surface area contributed by atoms with E-state index in [-0.39, 0.29) is 5.43 Å². The van der Waals surface area contributed by atoms with Crippen molar-refractivity contribution in [1.29, 1.82) is 0 Å². The Hall–Kier alpha value is -3.58. The molecule has 0 nitrogen and oxygen atoms in total. The summed E-state index contributed by atoms with van der Waals surface area (Å²) in [5.41, 5.74) is 7.98. The van der Waals surface area contributed by atoms with Crippen molar-refractivity contribution >= 4 is 32.2 Å². The van der Waals surface area contributed by atoms with E-state index >= 15 is 0 Å². The number of benzene rings is 5. The van der Waals surface area contributed by atoms with Crippen molar-refractivity contribution in [2.45, 2.75) is 33.2 Å². The van der Waals surface area contributed by atoms with Crippen LogP contribution in [0.3, 0.4) is 0 Å². The first kappa shape index (κ1) is 30.9. The van der Waals surface area contributed by atoms with E-state index in [0.717, 1.165) is 12.8 Å². The minimum absolute atomic E-state index is 0.122. The molecule has 0 bridgehead atoms. The summed E-state index contributed by atoms with van der Waals surface area (Å²) in [6, 6.07) is 54.3. The van der Waals surface area contributed by atoms with Crippen LogP contribution in [-0.4, -0.2) is 5.43 Å². The maximum atomic E-state index is 2.35. The molecule has 0 fully saturated rings. The molecule has 0 saturated heterocycles. The van der Waals surface area contributed by atoms with Crippen molar-refractivity contribution in [3.63, 3.8) is 0 Å². The Bertz CT molecular complexity index is 1780. The van der Waals surface area contributed by atoms with Crippen molar-refractivity contribution in [2.24, 2.45) is 0 Å². The first-order chi connectivity index (χ1) is 21.1. The van der Waals surface area contributed by atoms with Crippen LogP contribution >= 0.6 is 0 Å². The normalized spacial score (nSPS) is 10.5. The SMILES string of the molecule is CCc1cc2c(-c3ccccc3)cccc2[cH-]1.CCc1cc2c(-c3ccccc3)cccc2[cH-]1.C[Si](=[Zr+2])c1ccccc1. The van der Waals surface area contributed by atoms with Crippen LogP contribution in [0.1, 0.15) is 25.0 Å². The van der Waals surface area contributed by atoms with Crippen LogP contribution < -0.4 is 5.19 Å². The van der Waals surface area contributed by atoms with Gasteiger partial charge in [0.25, 0.3) is 0 Å². The zero-order valence-corrected chi connectivity index (χ0v) is 28.8. The van der Waals surface area contributed by atoms with E-state index in [1.54, 1.807) is 28.5 Å². The fourth-order valence-corrected chi connectivity index (χ4v) is 7.35. The zero-order valence-electron chi connectivity index (χ0n) is 25.3. The molecule has 0 heterocycles. The van der Waals surface area contributed by atoms with Crippen LogP contribution in [0.4, 0.5) is 0 Å². The Labute approximate surface area is 272 Å². The molecule has 0 amide bonds. The van der Waals surface area contributed by atoms with Crippen molar-refractivity contribution in [3.05, 3.63) is 163 Å². The molecule has 7 aromatic rings. The fraction of sp³-hybridized carbons (Fsp3) is 0.122. The molecular formula is C41H38SiZr. The van der Waals surface area contributed by atoms with Crippen LogP contribution in [-0.2, 0) is 36.2 Å². The topological polar surface area (TPSA) is 0 Å². The van der Waals surface area contributed by atoms with Gasteiger partial charge in [-0.25, -0.2) is 0 Å². The number of fused-ring (bicyclic) bond motifs is 2. The van der Waals surface area contributed by atoms with Crippen molar-refractivity contribution in [3.8, 4) is 22.3 Å². The first-order valence-corrected chi connectivity index (χ1v) is 20.8. The Morgan fingerprint density at radius 1 is 0.512 bits per heavy atom. The van der Waals surface area contributed by atoms with Crippen LogP contribution in [0.2, 0.25) is 6.55 Å². The molecular weight excluding hydrogens is 612 g/mol. The van der Waals surface area contributed by atoms with E-state index < -0.39 is 0 Å². The van der Waals surface area contributed by atoms with Crippen LogP contribution in [0.15, 0.2) is 152 Å². The van der Waals surface area contributed by atoms with Gasteiger partial charge in [0.2, 0.25) is 0 Å². The first-order valence-electron chi connectivity index (χ1n) is 15.2. The molecule has 0 aromatic heterocycles. The number of hydrogen-bond donors (Lipinski definition) is 0. The van der Waals surface area contributed by atoms with E-state index in [0.29, 0.717) is 0 Å². The van der Waals surface area contributed by atoms with Gasteiger partial charge in [0, 0.05) is 0 Å². The quantitative estimate of drug-likeness (QED) is 0.129. The summed E-state index contributed by atoms with van der Waals surface area (Å²) in [5, 5.41) is 7.00. The van der Waals surface area contributed by atoms with Crippen molar-refractivity contribution in [1.82, 2.24) is 0 Å². The number of hydrogen-bond acceptors (Lipinski definition) is 0. The molecule has 0 spiro atoms. The average Bonchev–Trinajstić information content (AvgIpc) is 3.71. The second kappa shape index (κ2) is 15.2. The van der Waals surface area contributed by atoms with Gasteiger partial charge in [-0.1, -0.05) is 97.8 Å². The van der Waals surface area contributed by atoms with Crippen LogP contribution in [0.5, 0.6) is 0 Å². The summed E-state index contributed by atoms with van der Waals surface area (Å²) in [5.74, 6) is 0. The van der Waals surface area contributed by atoms with Crippen LogP contribution in [0.25, 0.3) is 43.8 Å². The van der Waals surface area contributed by atoms with Gasteiger partial charge in [0.15, 0.2) is 0 Å². The minimum atomic E-state index is -0.122. The van der Waals surface area contributed by atoms with Gasteiger partial charge in [0.05, 0.1) is 0 Å². The molecule has 0 radical (unpaired) electrons. The molecule has 210 valence electrons. The molecule has 7 aromatic carbocycles. The Morgan fingerprint density at radius 3 is 1.26 bits per heavy atom. The molecule has 0 aliphatic carbocycles. The monoisotopic (exact) mass is 648 g/mol. The summed E-state index contributed by atoms with van der Waals surface area (Å²) >= 11 is 1.69. The predicted molar refractivity (Wildman–Crippen MR) is 186 cm³/mol. The molecule has 0 N–H and O–H groups in total. The standard InChI is InChI=1S/2C17H15.C7H8Si.Zr/c2*1-2-13-11-15-9-6-10-16(17(15)12-13)14-7-4-3-5-8-14;1-8-7-5-3-2-4-6-7;/h2*3-12H,2H2,1H3;2-6H,1H3;/q2*-1;;+2. The number of aryl methyl sites for hydroxylation is 2. The Balaban J connectivity index is 0.000000135. The summed E-state index contributed by atoms with van der Waals surface area (Å²) in [6.45, 7) is 6.76. The van der Waals surface area contributed by atoms with Crippen molar-refractivity contribution in [2.75, 3.05) is 0 Å². The fourth-order valence-electron chi connectivity index (χ4n) is 5.43. The maximum absolute atomic E-state index is 2.35. The van der Waals surface area contributed by atoms with E-state index in [2.05, 4.69) is 172 Å². The van der Waals surface area contributed by atoms with E-state index in [1.165, 1.54) is 54.9 Å². The summed E-state index contributed by atoms with van der Waals surface area (Å²) in [4.78, 5) is 0. The van der Waals surface area contributed by atoms with Gasteiger partial charge in [-0.15, -0.1) is 69.1 Å². The van der Waals surface area contributed by atoms with Gasteiger partial charge < -0.3 is 0 Å². The second-order valence-corrected chi connectivity index (χ2v) is 18.1. The third-order valence-electron chi connectivity index (χ3n) is 7.81. The molecule has 0 atom stereocenters. The van der Waals surface area contributed by atoms with Gasteiger partial charge in [-0.2, -0.15) is 12.1 Å². The summed E-state index contributed by atoms with van der Waals surface area (Å²) in [7, 11) is 0. The Kier molecular flexibility index (Phi) is 10.9. The van der Waals surface area contributed by atoms with E-state index in [9.17, 15) is 0 Å². The third-order valence-corrected chi connectivity index (χ3v) is 11.1. The zero-order chi connectivity index (χ0) is 30.0. The predicted octanol–water partition coefficient (Wildman–Crippen LogP) is 10.6. The summed E-state index contributed by atoms with van der Waals surface area (Å²) < 4.78 is 0. The molecule has 43 heavy (non-hydrogen) atoms. The molecule has 0 aliphatic heterocycles. The van der Waals surface area contributed by atoms with Gasteiger partial charge >= 0.3 is 70.8 Å². The molecule has 0 unspecified atom stereocenters. The molecule has 0 aliphatic rings. The average molecular weight is 650 g/mol. The van der Waals surface area contributed by atoms with E-state index in [1.807, 2.05) is 0 Å². The van der Waals surface area contributed by atoms with Crippen LogP contribution in [0, 0.1) is 0 Å². The van der Waals surface area contributed by atoms with E-state index in [4.69, 9.17) is 0 Å². The van der Waals surface area contributed by atoms with Gasteiger partial charge in [-0.05, 0) is 24.0 Å². The molecule has 2 heteroatoms. The van der Waals surface area contributed by atoms with Gasteiger partial charge in [0.1, 0.15) is 0 Å². The number of rotatable bonds is 5. The van der Waals surface area contributed by atoms with Crippen molar-refractivity contribution < 1.29 is 23.3 Å². The third kappa shape index (κ3) is 7.88. The molecule has 7 rings (SSSR count). The summed E-state index contributed by atoms with van der Waals surface area (Å²) in [6.07, 6.45) is 2.20. The van der Waals surface area contributed by atoms with Gasteiger partial charge in [-0.3, -0.25) is 0 Å². The second-order valence-electron chi connectivity index (χ2n) is 10.8.